The Labute approximate surface area is 83.3 Å². The van der Waals surface area contributed by atoms with Gasteiger partial charge in [0.05, 0.1) is 19.8 Å². The van der Waals surface area contributed by atoms with E-state index in [9.17, 15) is 4.79 Å². The van der Waals surface area contributed by atoms with Gasteiger partial charge in [-0.25, -0.2) is 0 Å². The molecule has 14 heavy (non-hydrogen) atoms. The molecule has 2 heterocycles. The second kappa shape index (κ2) is 3.84. The minimum absolute atomic E-state index is 0.0415. The van der Waals surface area contributed by atoms with Crippen LogP contribution in [-0.2, 0) is 14.3 Å². The van der Waals surface area contributed by atoms with Gasteiger partial charge in [0.25, 0.3) is 0 Å². The largest absolute Gasteiger partial charge is 0.377 e. The predicted octanol–water partition coefficient (Wildman–Crippen LogP) is -1.17. The summed E-state index contributed by atoms with van der Waals surface area (Å²) in [5, 5.41) is 3.26. The zero-order valence-electron chi connectivity index (χ0n) is 8.41. The van der Waals surface area contributed by atoms with Crippen LogP contribution in [0, 0.1) is 0 Å². The lowest BCUT2D eigenvalue weighted by atomic mass is 10.0. The molecule has 1 unspecified atom stereocenters. The van der Waals surface area contributed by atoms with E-state index < -0.39 is 0 Å². The van der Waals surface area contributed by atoms with Gasteiger partial charge in [0.1, 0.15) is 12.2 Å². The molecule has 5 heteroatoms. The van der Waals surface area contributed by atoms with Gasteiger partial charge in [-0.3, -0.25) is 4.79 Å². The van der Waals surface area contributed by atoms with E-state index in [4.69, 9.17) is 9.47 Å². The van der Waals surface area contributed by atoms with Crippen LogP contribution in [0.25, 0.3) is 0 Å². The molecule has 0 aromatic carbocycles. The molecule has 80 valence electrons. The van der Waals surface area contributed by atoms with Gasteiger partial charge in [-0.15, -0.1) is 0 Å². The first kappa shape index (κ1) is 9.89. The fourth-order valence-electron chi connectivity index (χ4n) is 1.86. The van der Waals surface area contributed by atoms with E-state index in [2.05, 4.69) is 5.32 Å². The van der Waals surface area contributed by atoms with Crippen LogP contribution in [0.4, 0.5) is 0 Å². The van der Waals surface area contributed by atoms with Crippen molar-refractivity contribution in [2.24, 2.45) is 0 Å². The Hall–Kier alpha value is -0.650. The van der Waals surface area contributed by atoms with Crippen molar-refractivity contribution in [2.45, 2.75) is 5.60 Å². The lowest BCUT2D eigenvalue weighted by Crippen LogP contribution is -2.59. The van der Waals surface area contributed by atoms with Gasteiger partial charge in [-0.05, 0) is 0 Å². The van der Waals surface area contributed by atoms with Gasteiger partial charge in [0.15, 0.2) is 0 Å². The van der Waals surface area contributed by atoms with Gasteiger partial charge in [-0.1, -0.05) is 0 Å². The molecule has 1 spiro atoms. The summed E-state index contributed by atoms with van der Waals surface area (Å²) >= 11 is 0. The third kappa shape index (κ3) is 1.89. The molecule has 0 aliphatic carbocycles. The molecule has 1 N–H and O–H groups in total. The quantitative estimate of drug-likeness (QED) is 0.535. The molecule has 5 nitrogen and oxygen atoms in total. The number of likely N-dealkylation sites (N-methyl/N-ethyl adjacent to an activating group) is 1. The molecule has 1 atom stereocenters. The van der Waals surface area contributed by atoms with Crippen molar-refractivity contribution in [3.63, 3.8) is 0 Å². The van der Waals surface area contributed by atoms with Crippen molar-refractivity contribution in [2.75, 3.05) is 46.5 Å². The Kier molecular flexibility index (Phi) is 2.71. The molecule has 0 aromatic rings. The van der Waals surface area contributed by atoms with Crippen LogP contribution in [0.15, 0.2) is 0 Å². The summed E-state index contributed by atoms with van der Waals surface area (Å²) in [4.78, 5) is 13.0. The maximum Gasteiger partial charge on any atom is 0.248 e. The summed E-state index contributed by atoms with van der Waals surface area (Å²) in [5.41, 5.74) is -0.334. The molecule has 2 fully saturated rings. The Morgan fingerprint density at radius 2 is 2.43 bits per heavy atom. The Bertz CT molecular complexity index is 224. The first-order valence-electron chi connectivity index (χ1n) is 4.88. The highest BCUT2D eigenvalue weighted by Gasteiger charge is 2.39. The van der Waals surface area contributed by atoms with Crippen LogP contribution >= 0.6 is 0 Å². The first-order valence-corrected chi connectivity index (χ1v) is 4.88. The molecule has 0 bridgehead atoms. The van der Waals surface area contributed by atoms with Crippen LogP contribution in [0.5, 0.6) is 0 Å². The van der Waals surface area contributed by atoms with Crippen molar-refractivity contribution in [3.05, 3.63) is 0 Å². The SMILES string of the molecule is CN1CC2(CNCCOC2)OCC1=O. The van der Waals surface area contributed by atoms with Crippen LogP contribution < -0.4 is 5.32 Å². The van der Waals surface area contributed by atoms with Crippen molar-refractivity contribution in [1.29, 1.82) is 0 Å². The van der Waals surface area contributed by atoms with E-state index in [-0.39, 0.29) is 18.1 Å². The third-order valence-corrected chi connectivity index (χ3v) is 2.69. The number of nitrogens with zero attached hydrogens (tertiary/aromatic N) is 1. The fourth-order valence-corrected chi connectivity index (χ4v) is 1.86. The number of morpholine rings is 1. The number of hydrogen-bond donors (Lipinski definition) is 1. The molecule has 1 amide bonds. The minimum atomic E-state index is -0.334. The van der Waals surface area contributed by atoms with Gasteiger partial charge >= 0.3 is 0 Å². The first-order chi connectivity index (χ1) is 6.72. The smallest absolute Gasteiger partial charge is 0.248 e. The molecule has 2 rings (SSSR count). The van der Waals surface area contributed by atoms with E-state index in [0.717, 1.165) is 13.1 Å². The second-order valence-electron chi connectivity index (χ2n) is 3.95. The number of carbonyl (C=O) groups is 1. The predicted molar refractivity (Wildman–Crippen MR) is 50.0 cm³/mol. The normalized spacial score (nSPS) is 34.6. The summed E-state index contributed by atoms with van der Waals surface area (Å²) in [7, 11) is 1.80. The highest BCUT2D eigenvalue weighted by molar-refractivity contribution is 5.78. The van der Waals surface area contributed by atoms with Crippen LogP contribution in [0.1, 0.15) is 0 Å². The number of carbonyl (C=O) groups excluding carboxylic acids is 1. The standard InChI is InChI=1S/C9H16N2O3/c1-11-6-9(14-4-8(11)12)5-10-2-3-13-7-9/h10H,2-7H2,1H3. The zero-order chi connectivity index (χ0) is 10.0. The van der Waals surface area contributed by atoms with E-state index in [1.165, 1.54) is 0 Å². The Morgan fingerprint density at radius 1 is 1.57 bits per heavy atom. The summed E-state index contributed by atoms with van der Waals surface area (Å²) in [6.45, 7) is 3.66. The van der Waals surface area contributed by atoms with E-state index in [1.807, 2.05) is 0 Å². The molecule has 2 saturated heterocycles. The van der Waals surface area contributed by atoms with Crippen LogP contribution in [-0.4, -0.2) is 62.9 Å². The average Bonchev–Trinajstić information content (AvgIpc) is 2.39. The number of nitrogens with one attached hydrogen (secondary N) is 1. The lowest BCUT2D eigenvalue weighted by Gasteiger charge is -2.39. The monoisotopic (exact) mass is 200 g/mol. The number of rotatable bonds is 0. The summed E-state index contributed by atoms with van der Waals surface area (Å²) in [6.07, 6.45) is 0. The molecule has 0 radical (unpaired) electrons. The Balaban J connectivity index is 2.03. The van der Waals surface area contributed by atoms with Crippen molar-refractivity contribution in [1.82, 2.24) is 10.2 Å². The maximum absolute atomic E-state index is 11.2. The molecular weight excluding hydrogens is 184 g/mol. The number of amides is 1. The molecule has 0 aromatic heterocycles. The zero-order valence-corrected chi connectivity index (χ0v) is 8.41. The van der Waals surface area contributed by atoms with Gasteiger partial charge < -0.3 is 19.7 Å². The number of hydrogen-bond acceptors (Lipinski definition) is 4. The van der Waals surface area contributed by atoms with Crippen LogP contribution in [0.2, 0.25) is 0 Å². The summed E-state index contributed by atoms with van der Waals surface area (Å²) in [6, 6.07) is 0. The molecule has 0 saturated carbocycles. The van der Waals surface area contributed by atoms with Gasteiger partial charge in [-0.2, -0.15) is 0 Å². The second-order valence-corrected chi connectivity index (χ2v) is 3.95. The van der Waals surface area contributed by atoms with Crippen molar-refractivity contribution < 1.29 is 14.3 Å². The topological polar surface area (TPSA) is 50.8 Å². The number of ether oxygens (including phenoxy) is 2. The molecular formula is C9H16N2O3. The summed E-state index contributed by atoms with van der Waals surface area (Å²) < 4.78 is 11.0. The van der Waals surface area contributed by atoms with E-state index in [1.54, 1.807) is 11.9 Å². The maximum atomic E-state index is 11.2. The van der Waals surface area contributed by atoms with Gasteiger partial charge in [0, 0.05) is 20.1 Å². The fraction of sp³-hybridized carbons (Fsp3) is 0.889. The third-order valence-electron chi connectivity index (χ3n) is 2.69. The average molecular weight is 200 g/mol. The van der Waals surface area contributed by atoms with Crippen molar-refractivity contribution in [3.8, 4) is 0 Å². The van der Waals surface area contributed by atoms with Crippen LogP contribution in [0.3, 0.4) is 0 Å². The van der Waals surface area contributed by atoms with Crippen molar-refractivity contribution >= 4 is 5.91 Å². The molecule has 2 aliphatic heterocycles. The van der Waals surface area contributed by atoms with E-state index in [0.29, 0.717) is 19.8 Å². The summed E-state index contributed by atoms with van der Waals surface area (Å²) in [5.74, 6) is 0.0415. The lowest BCUT2D eigenvalue weighted by molar-refractivity contribution is -0.167. The van der Waals surface area contributed by atoms with E-state index >= 15 is 0 Å². The minimum Gasteiger partial charge on any atom is -0.377 e. The highest BCUT2D eigenvalue weighted by Crippen LogP contribution is 2.18. The highest BCUT2D eigenvalue weighted by atomic mass is 16.5. The van der Waals surface area contributed by atoms with Gasteiger partial charge in [0.2, 0.25) is 5.91 Å². The Morgan fingerprint density at radius 3 is 3.21 bits per heavy atom. The molecule has 2 aliphatic rings.